The van der Waals surface area contributed by atoms with Crippen LogP contribution < -0.4 is 10.6 Å². The molecule has 0 aromatic carbocycles. The number of ether oxygens (including phenoxy) is 1. The minimum absolute atomic E-state index is 0.0405. The fourth-order valence-electron chi connectivity index (χ4n) is 1.85. The molecule has 0 heterocycles. The lowest BCUT2D eigenvalue weighted by atomic mass is 9.94. The molecule has 0 saturated carbocycles. The summed E-state index contributed by atoms with van der Waals surface area (Å²) in [6, 6.07) is 0. The first-order chi connectivity index (χ1) is 9.35. The Morgan fingerprint density at radius 2 is 1.85 bits per heavy atom. The highest BCUT2D eigenvalue weighted by Gasteiger charge is 2.16. The van der Waals surface area contributed by atoms with E-state index in [1.807, 2.05) is 13.8 Å². The lowest BCUT2D eigenvalue weighted by molar-refractivity contribution is -0.138. The van der Waals surface area contributed by atoms with E-state index in [1.165, 1.54) is 7.11 Å². The number of hydrogen-bond donors (Lipinski definition) is 3. The number of carboxylic acid groups (broad SMARTS) is 1. The molecule has 0 spiro atoms. The molecule has 116 valence electrons. The molecular formula is C13H24N2O5. The standard InChI is InChI=1S/C13H24N2O5/c1-9(2)6-10(7-12(17)18)8-15-11(16)4-5-14-13(19)20-3/h9-10H,4-8H2,1-3H3,(H,14,19)(H,15,16)(H,17,18)/t10-/m0/s1. The first kappa shape index (κ1) is 18.2. The van der Waals surface area contributed by atoms with Crippen molar-refractivity contribution in [2.45, 2.75) is 33.1 Å². The molecule has 0 saturated heterocycles. The molecule has 0 radical (unpaired) electrons. The van der Waals surface area contributed by atoms with Crippen molar-refractivity contribution in [1.82, 2.24) is 10.6 Å². The quantitative estimate of drug-likeness (QED) is 0.586. The second-order valence-electron chi connectivity index (χ2n) is 5.07. The average Bonchev–Trinajstić information content (AvgIpc) is 2.34. The summed E-state index contributed by atoms with van der Waals surface area (Å²) in [5.74, 6) is -0.792. The number of carboxylic acids is 1. The van der Waals surface area contributed by atoms with E-state index in [4.69, 9.17) is 5.11 Å². The maximum Gasteiger partial charge on any atom is 0.406 e. The van der Waals surface area contributed by atoms with Gasteiger partial charge in [0, 0.05) is 25.9 Å². The van der Waals surface area contributed by atoms with Crippen LogP contribution in [0.2, 0.25) is 0 Å². The van der Waals surface area contributed by atoms with E-state index in [9.17, 15) is 14.4 Å². The summed E-state index contributed by atoms with van der Waals surface area (Å²) in [6.07, 6.45) is 0.337. The van der Waals surface area contributed by atoms with Crippen molar-refractivity contribution < 1.29 is 24.2 Å². The number of carbonyl (C=O) groups is 3. The van der Waals surface area contributed by atoms with Crippen LogP contribution in [0.3, 0.4) is 0 Å². The molecule has 0 aromatic heterocycles. The number of amides is 2. The Labute approximate surface area is 119 Å². The monoisotopic (exact) mass is 288 g/mol. The number of methoxy groups -OCH3 is 1. The number of aliphatic carboxylic acids is 1. The van der Waals surface area contributed by atoms with Crippen LogP contribution in [-0.2, 0) is 14.3 Å². The van der Waals surface area contributed by atoms with E-state index >= 15 is 0 Å². The largest absolute Gasteiger partial charge is 0.481 e. The molecule has 7 heteroatoms. The molecule has 0 bridgehead atoms. The Balaban J connectivity index is 3.97. The number of carbonyl (C=O) groups excluding carboxylic acids is 2. The molecule has 0 aliphatic heterocycles. The van der Waals surface area contributed by atoms with E-state index in [0.717, 1.165) is 6.42 Å². The Kier molecular flexibility index (Phi) is 9.15. The lowest BCUT2D eigenvalue weighted by Gasteiger charge is -2.17. The van der Waals surface area contributed by atoms with Gasteiger partial charge in [-0.15, -0.1) is 0 Å². The van der Waals surface area contributed by atoms with Crippen LogP contribution in [0.5, 0.6) is 0 Å². The Bertz CT molecular complexity index is 331. The number of hydrogen-bond acceptors (Lipinski definition) is 4. The summed E-state index contributed by atoms with van der Waals surface area (Å²) in [5, 5.41) is 13.9. The van der Waals surface area contributed by atoms with Gasteiger partial charge in [0.15, 0.2) is 0 Å². The fourth-order valence-corrected chi connectivity index (χ4v) is 1.85. The van der Waals surface area contributed by atoms with Gasteiger partial charge in [-0.25, -0.2) is 4.79 Å². The SMILES string of the molecule is COC(=O)NCCC(=O)NC[C@H](CC(=O)O)CC(C)C. The Morgan fingerprint density at radius 3 is 2.35 bits per heavy atom. The van der Waals surface area contributed by atoms with Gasteiger partial charge in [0.25, 0.3) is 0 Å². The van der Waals surface area contributed by atoms with Crippen LogP contribution in [0, 0.1) is 11.8 Å². The first-order valence-electron chi connectivity index (χ1n) is 6.65. The van der Waals surface area contributed by atoms with Gasteiger partial charge >= 0.3 is 12.1 Å². The third-order valence-electron chi connectivity index (χ3n) is 2.66. The fraction of sp³-hybridized carbons (Fsp3) is 0.769. The predicted molar refractivity (Wildman–Crippen MR) is 73.2 cm³/mol. The van der Waals surface area contributed by atoms with E-state index in [-0.39, 0.29) is 31.2 Å². The molecule has 0 rings (SSSR count). The van der Waals surface area contributed by atoms with Crippen molar-refractivity contribution in [3.05, 3.63) is 0 Å². The van der Waals surface area contributed by atoms with E-state index in [0.29, 0.717) is 12.5 Å². The van der Waals surface area contributed by atoms with Crippen molar-refractivity contribution in [3.8, 4) is 0 Å². The van der Waals surface area contributed by atoms with Gasteiger partial charge in [-0.3, -0.25) is 9.59 Å². The summed E-state index contributed by atoms with van der Waals surface area (Å²) in [5.41, 5.74) is 0. The summed E-state index contributed by atoms with van der Waals surface area (Å²) < 4.78 is 4.37. The predicted octanol–water partition coefficient (Wildman–Crippen LogP) is 0.986. The summed E-state index contributed by atoms with van der Waals surface area (Å²) in [6.45, 7) is 4.54. The minimum atomic E-state index is -0.864. The van der Waals surface area contributed by atoms with Gasteiger partial charge in [-0.05, 0) is 18.3 Å². The number of nitrogens with one attached hydrogen (secondary N) is 2. The molecule has 3 N–H and O–H groups in total. The number of alkyl carbamates (subject to hydrolysis) is 1. The third kappa shape index (κ3) is 10.2. The van der Waals surface area contributed by atoms with Gasteiger partial charge in [0.05, 0.1) is 7.11 Å². The molecule has 0 aliphatic carbocycles. The van der Waals surface area contributed by atoms with Gasteiger partial charge in [-0.1, -0.05) is 13.8 Å². The Morgan fingerprint density at radius 1 is 1.20 bits per heavy atom. The highest BCUT2D eigenvalue weighted by molar-refractivity contribution is 5.77. The smallest absolute Gasteiger partial charge is 0.406 e. The molecule has 20 heavy (non-hydrogen) atoms. The molecular weight excluding hydrogens is 264 g/mol. The minimum Gasteiger partial charge on any atom is -0.481 e. The van der Waals surface area contributed by atoms with Crippen molar-refractivity contribution in [1.29, 1.82) is 0 Å². The van der Waals surface area contributed by atoms with E-state index < -0.39 is 12.1 Å². The zero-order valence-corrected chi connectivity index (χ0v) is 12.3. The molecule has 1 atom stereocenters. The molecule has 2 amide bonds. The zero-order valence-electron chi connectivity index (χ0n) is 12.3. The van der Waals surface area contributed by atoms with Gasteiger partial charge in [0.2, 0.25) is 5.91 Å². The lowest BCUT2D eigenvalue weighted by Crippen LogP contribution is -2.34. The van der Waals surface area contributed by atoms with E-state index in [1.54, 1.807) is 0 Å². The molecule has 0 unspecified atom stereocenters. The molecule has 7 nitrogen and oxygen atoms in total. The van der Waals surface area contributed by atoms with Crippen molar-refractivity contribution >= 4 is 18.0 Å². The molecule has 0 aliphatic rings. The average molecular weight is 288 g/mol. The second kappa shape index (κ2) is 10.1. The van der Waals surface area contributed by atoms with Gasteiger partial charge < -0.3 is 20.5 Å². The van der Waals surface area contributed by atoms with Crippen LogP contribution in [0.15, 0.2) is 0 Å². The van der Waals surface area contributed by atoms with Crippen LogP contribution >= 0.6 is 0 Å². The van der Waals surface area contributed by atoms with E-state index in [2.05, 4.69) is 15.4 Å². The normalized spacial score (nSPS) is 11.8. The van der Waals surface area contributed by atoms with Crippen molar-refractivity contribution in [2.24, 2.45) is 11.8 Å². The topological polar surface area (TPSA) is 105 Å². The van der Waals surface area contributed by atoms with Gasteiger partial charge in [0.1, 0.15) is 0 Å². The van der Waals surface area contributed by atoms with Crippen LogP contribution in [0.4, 0.5) is 4.79 Å². The third-order valence-corrected chi connectivity index (χ3v) is 2.66. The maximum absolute atomic E-state index is 11.5. The highest BCUT2D eigenvalue weighted by Crippen LogP contribution is 2.14. The summed E-state index contributed by atoms with van der Waals surface area (Å²) in [4.78, 5) is 33.1. The molecule has 0 fully saturated rings. The van der Waals surface area contributed by atoms with Crippen molar-refractivity contribution in [3.63, 3.8) is 0 Å². The van der Waals surface area contributed by atoms with Crippen LogP contribution in [0.1, 0.15) is 33.1 Å². The van der Waals surface area contributed by atoms with Crippen LogP contribution in [-0.4, -0.2) is 43.3 Å². The highest BCUT2D eigenvalue weighted by atomic mass is 16.5. The second-order valence-corrected chi connectivity index (χ2v) is 5.07. The Hall–Kier alpha value is -1.79. The summed E-state index contributed by atoms with van der Waals surface area (Å²) >= 11 is 0. The number of rotatable bonds is 9. The van der Waals surface area contributed by atoms with Gasteiger partial charge in [-0.2, -0.15) is 0 Å². The summed E-state index contributed by atoms with van der Waals surface area (Å²) in [7, 11) is 1.25. The first-order valence-corrected chi connectivity index (χ1v) is 6.65. The molecule has 0 aromatic rings. The zero-order chi connectivity index (χ0) is 15.5. The van der Waals surface area contributed by atoms with Crippen molar-refractivity contribution in [2.75, 3.05) is 20.2 Å². The van der Waals surface area contributed by atoms with Crippen LogP contribution in [0.25, 0.3) is 0 Å². The maximum atomic E-state index is 11.5.